The Kier molecular flexibility index (Phi) is 3.31. The van der Waals surface area contributed by atoms with Crippen molar-refractivity contribution >= 4 is 28.2 Å². The number of H-pyrrole nitrogens is 1. The molecule has 5 heteroatoms. The van der Waals surface area contributed by atoms with Gasteiger partial charge in [-0.05, 0) is 42.5 Å². The molecule has 0 aliphatic carbocycles. The van der Waals surface area contributed by atoms with Crippen LogP contribution >= 0.6 is 0 Å². The largest absolute Gasteiger partial charge is 0.378 e. The molecule has 1 heterocycles. The van der Waals surface area contributed by atoms with Crippen LogP contribution in [0.1, 0.15) is 10.4 Å². The van der Waals surface area contributed by atoms with Gasteiger partial charge in [-0.1, -0.05) is 0 Å². The van der Waals surface area contributed by atoms with Gasteiger partial charge in [0, 0.05) is 36.4 Å². The van der Waals surface area contributed by atoms with Gasteiger partial charge in [-0.25, -0.2) is 0 Å². The molecule has 21 heavy (non-hydrogen) atoms. The number of nitrogens with one attached hydrogen (secondary N) is 2. The third-order valence-electron chi connectivity index (χ3n) is 3.35. The number of aromatic nitrogens is 2. The van der Waals surface area contributed by atoms with E-state index in [0.717, 1.165) is 22.3 Å². The van der Waals surface area contributed by atoms with E-state index in [1.54, 1.807) is 6.20 Å². The minimum atomic E-state index is -0.126. The van der Waals surface area contributed by atoms with Crippen LogP contribution in [0.4, 0.5) is 11.4 Å². The molecule has 0 aliphatic heterocycles. The summed E-state index contributed by atoms with van der Waals surface area (Å²) < 4.78 is 0. The third kappa shape index (κ3) is 2.72. The lowest BCUT2D eigenvalue weighted by molar-refractivity contribution is 0.102. The fraction of sp³-hybridized carbons (Fsp3) is 0.125. The Morgan fingerprint density at radius 2 is 1.90 bits per heavy atom. The summed E-state index contributed by atoms with van der Waals surface area (Å²) >= 11 is 0. The first-order valence-corrected chi connectivity index (χ1v) is 6.65. The van der Waals surface area contributed by atoms with Gasteiger partial charge < -0.3 is 10.2 Å². The Hall–Kier alpha value is -2.82. The first kappa shape index (κ1) is 13.2. The predicted molar refractivity (Wildman–Crippen MR) is 84.8 cm³/mol. The Bertz CT molecular complexity index is 774. The Labute approximate surface area is 122 Å². The molecule has 0 saturated heterocycles. The van der Waals surface area contributed by atoms with E-state index < -0.39 is 0 Å². The number of carbonyl (C=O) groups is 1. The normalized spacial score (nSPS) is 10.6. The van der Waals surface area contributed by atoms with E-state index in [1.807, 2.05) is 61.5 Å². The molecule has 0 radical (unpaired) electrons. The molecule has 3 rings (SSSR count). The van der Waals surface area contributed by atoms with Gasteiger partial charge in [0.05, 0.1) is 11.7 Å². The second-order valence-electron chi connectivity index (χ2n) is 5.07. The zero-order valence-corrected chi connectivity index (χ0v) is 11.9. The quantitative estimate of drug-likeness (QED) is 0.775. The molecule has 1 aromatic heterocycles. The number of rotatable bonds is 3. The summed E-state index contributed by atoms with van der Waals surface area (Å²) in [4.78, 5) is 14.2. The first-order valence-electron chi connectivity index (χ1n) is 6.65. The number of hydrogen-bond donors (Lipinski definition) is 2. The average Bonchev–Trinajstić information content (AvgIpc) is 2.95. The molecule has 0 saturated carbocycles. The van der Waals surface area contributed by atoms with Crippen LogP contribution in [0, 0.1) is 0 Å². The van der Waals surface area contributed by atoms with Crippen LogP contribution < -0.4 is 10.2 Å². The molecule has 0 atom stereocenters. The second kappa shape index (κ2) is 5.28. The SMILES string of the molecule is CN(C)c1ccc(C(=O)Nc2ccc3cn[nH]c3c2)cc1. The van der Waals surface area contributed by atoms with Crippen LogP contribution in [0.2, 0.25) is 0 Å². The van der Waals surface area contributed by atoms with Crippen molar-refractivity contribution in [2.24, 2.45) is 0 Å². The van der Waals surface area contributed by atoms with E-state index in [2.05, 4.69) is 15.5 Å². The molecule has 0 fully saturated rings. The molecular weight excluding hydrogens is 264 g/mol. The summed E-state index contributed by atoms with van der Waals surface area (Å²) in [6.45, 7) is 0. The number of anilines is 2. The topological polar surface area (TPSA) is 61.0 Å². The highest BCUT2D eigenvalue weighted by Crippen LogP contribution is 2.18. The molecular formula is C16H16N4O. The number of benzene rings is 2. The highest BCUT2D eigenvalue weighted by Gasteiger charge is 2.07. The Balaban J connectivity index is 1.78. The van der Waals surface area contributed by atoms with Gasteiger partial charge in [0.25, 0.3) is 5.91 Å². The van der Waals surface area contributed by atoms with Crippen molar-refractivity contribution < 1.29 is 4.79 Å². The molecule has 0 spiro atoms. The monoisotopic (exact) mass is 280 g/mol. The first-order chi connectivity index (χ1) is 10.1. The third-order valence-corrected chi connectivity index (χ3v) is 3.35. The van der Waals surface area contributed by atoms with Gasteiger partial charge in [-0.3, -0.25) is 9.89 Å². The van der Waals surface area contributed by atoms with E-state index in [0.29, 0.717) is 5.56 Å². The summed E-state index contributed by atoms with van der Waals surface area (Å²) in [6.07, 6.45) is 1.75. The molecule has 0 bridgehead atoms. The molecule has 3 aromatic rings. The summed E-state index contributed by atoms with van der Waals surface area (Å²) in [5.41, 5.74) is 3.33. The summed E-state index contributed by atoms with van der Waals surface area (Å²) in [5, 5.41) is 10.8. The van der Waals surface area contributed by atoms with Crippen molar-refractivity contribution in [3.8, 4) is 0 Å². The fourth-order valence-electron chi connectivity index (χ4n) is 2.13. The number of carbonyl (C=O) groups excluding carboxylic acids is 1. The molecule has 2 N–H and O–H groups in total. The van der Waals surface area contributed by atoms with E-state index in [9.17, 15) is 4.79 Å². The van der Waals surface area contributed by atoms with E-state index >= 15 is 0 Å². The van der Waals surface area contributed by atoms with Crippen LogP contribution in [0.5, 0.6) is 0 Å². The van der Waals surface area contributed by atoms with Crippen molar-refractivity contribution in [1.29, 1.82) is 0 Å². The lowest BCUT2D eigenvalue weighted by Crippen LogP contribution is -2.13. The molecule has 0 aliphatic rings. The molecule has 0 unspecified atom stereocenters. The predicted octanol–water partition coefficient (Wildman–Crippen LogP) is 2.88. The van der Waals surface area contributed by atoms with Gasteiger partial charge in [-0.2, -0.15) is 5.10 Å². The van der Waals surface area contributed by atoms with Crippen molar-refractivity contribution in [1.82, 2.24) is 10.2 Å². The maximum absolute atomic E-state index is 12.2. The molecule has 2 aromatic carbocycles. The average molecular weight is 280 g/mol. The van der Waals surface area contributed by atoms with Crippen LogP contribution in [0.25, 0.3) is 10.9 Å². The number of nitrogens with zero attached hydrogens (tertiary/aromatic N) is 2. The lowest BCUT2D eigenvalue weighted by atomic mass is 10.1. The van der Waals surface area contributed by atoms with Gasteiger partial charge in [0.2, 0.25) is 0 Å². The highest BCUT2D eigenvalue weighted by atomic mass is 16.1. The van der Waals surface area contributed by atoms with Crippen molar-refractivity contribution in [3.63, 3.8) is 0 Å². The molecule has 106 valence electrons. The van der Waals surface area contributed by atoms with E-state index in [1.165, 1.54) is 0 Å². The molecule has 5 nitrogen and oxygen atoms in total. The van der Waals surface area contributed by atoms with Crippen molar-refractivity contribution in [3.05, 3.63) is 54.2 Å². The molecule has 1 amide bonds. The Morgan fingerprint density at radius 1 is 1.14 bits per heavy atom. The highest BCUT2D eigenvalue weighted by molar-refractivity contribution is 6.05. The van der Waals surface area contributed by atoms with Gasteiger partial charge >= 0.3 is 0 Å². The lowest BCUT2D eigenvalue weighted by Gasteiger charge is -2.12. The maximum Gasteiger partial charge on any atom is 0.255 e. The maximum atomic E-state index is 12.2. The standard InChI is InChI=1S/C16H16N4O/c1-20(2)14-7-4-11(5-8-14)16(21)18-13-6-3-12-10-17-19-15(12)9-13/h3-10H,1-2H3,(H,17,19)(H,18,21). The van der Waals surface area contributed by atoms with Crippen LogP contribution in [-0.2, 0) is 0 Å². The Morgan fingerprint density at radius 3 is 2.62 bits per heavy atom. The summed E-state index contributed by atoms with van der Waals surface area (Å²) in [7, 11) is 3.93. The summed E-state index contributed by atoms with van der Waals surface area (Å²) in [6, 6.07) is 13.1. The zero-order valence-electron chi connectivity index (χ0n) is 11.9. The summed E-state index contributed by atoms with van der Waals surface area (Å²) in [5.74, 6) is -0.126. The number of fused-ring (bicyclic) bond motifs is 1. The minimum Gasteiger partial charge on any atom is -0.378 e. The zero-order chi connectivity index (χ0) is 14.8. The second-order valence-corrected chi connectivity index (χ2v) is 5.07. The fourth-order valence-corrected chi connectivity index (χ4v) is 2.13. The van der Waals surface area contributed by atoms with Crippen LogP contribution in [0.15, 0.2) is 48.7 Å². The van der Waals surface area contributed by atoms with Gasteiger partial charge in [0.1, 0.15) is 0 Å². The van der Waals surface area contributed by atoms with Gasteiger partial charge in [0.15, 0.2) is 0 Å². The number of aromatic amines is 1. The smallest absolute Gasteiger partial charge is 0.255 e. The minimum absolute atomic E-state index is 0.126. The van der Waals surface area contributed by atoms with Crippen molar-refractivity contribution in [2.75, 3.05) is 24.3 Å². The number of amides is 1. The number of hydrogen-bond acceptors (Lipinski definition) is 3. The van der Waals surface area contributed by atoms with Crippen molar-refractivity contribution in [2.45, 2.75) is 0 Å². The van der Waals surface area contributed by atoms with E-state index in [4.69, 9.17) is 0 Å². The van der Waals surface area contributed by atoms with Crippen LogP contribution in [0.3, 0.4) is 0 Å². The van der Waals surface area contributed by atoms with Gasteiger partial charge in [-0.15, -0.1) is 0 Å². The van der Waals surface area contributed by atoms with E-state index in [-0.39, 0.29) is 5.91 Å². The van der Waals surface area contributed by atoms with Crippen LogP contribution in [-0.4, -0.2) is 30.2 Å².